The van der Waals surface area contributed by atoms with Crippen molar-refractivity contribution in [2.45, 2.75) is 45.1 Å². The number of fused-ring (bicyclic) bond motifs is 1. The molecule has 1 atom stereocenters. The first-order valence-electron chi connectivity index (χ1n) is 8.21. The van der Waals surface area contributed by atoms with Gasteiger partial charge in [-0.15, -0.1) is 0 Å². The number of amides is 1. The predicted octanol–water partition coefficient (Wildman–Crippen LogP) is 3.72. The van der Waals surface area contributed by atoms with E-state index in [4.69, 9.17) is 5.73 Å². The molecule has 3 N–H and O–H groups in total. The monoisotopic (exact) mass is 308 g/mol. The molecule has 0 aromatic heterocycles. The van der Waals surface area contributed by atoms with Crippen LogP contribution in [0.3, 0.4) is 0 Å². The summed E-state index contributed by atoms with van der Waals surface area (Å²) in [5, 5.41) is 3.04. The lowest BCUT2D eigenvalue weighted by Crippen LogP contribution is -2.27. The van der Waals surface area contributed by atoms with Crippen LogP contribution in [-0.2, 0) is 23.1 Å². The number of hydrogen-bond acceptors (Lipinski definition) is 2. The molecule has 3 nitrogen and oxygen atoms in total. The molecule has 0 spiro atoms. The largest absolute Gasteiger partial charge is 0.325 e. The van der Waals surface area contributed by atoms with Crippen LogP contribution in [0.1, 0.15) is 49.1 Å². The molecule has 0 bridgehead atoms. The summed E-state index contributed by atoms with van der Waals surface area (Å²) < 4.78 is 0. The first-order chi connectivity index (χ1) is 10.9. The van der Waals surface area contributed by atoms with E-state index in [1.165, 1.54) is 11.1 Å². The Hall–Kier alpha value is -2.13. The van der Waals surface area contributed by atoms with Crippen LogP contribution in [0.15, 0.2) is 42.5 Å². The van der Waals surface area contributed by atoms with Gasteiger partial charge in [0.15, 0.2) is 0 Å². The predicted molar refractivity (Wildman–Crippen MR) is 94.6 cm³/mol. The Kier molecular flexibility index (Phi) is 3.99. The summed E-state index contributed by atoms with van der Waals surface area (Å²) in [6, 6.07) is 14.5. The maximum Gasteiger partial charge on any atom is 0.234 e. The molecule has 1 amide bonds. The average Bonchev–Trinajstić information content (AvgIpc) is 2.77. The van der Waals surface area contributed by atoms with Gasteiger partial charge >= 0.3 is 0 Å². The van der Waals surface area contributed by atoms with Crippen molar-refractivity contribution in [1.82, 2.24) is 0 Å². The molecular weight excluding hydrogens is 284 g/mol. The van der Waals surface area contributed by atoms with E-state index >= 15 is 0 Å². The van der Waals surface area contributed by atoms with Gasteiger partial charge in [-0.05, 0) is 48.9 Å². The van der Waals surface area contributed by atoms with Crippen molar-refractivity contribution in [2.75, 3.05) is 5.32 Å². The summed E-state index contributed by atoms with van der Waals surface area (Å²) in [6.45, 7) is 6.06. The Balaban J connectivity index is 1.98. The fourth-order valence-electron chi connectivity index (χ4n) is 3.24. The molecule has 120 valence electrons. The van der Waals surface area contributed by atoms with E-state index in [1.807, 2.05) is 32.0 Å². The summed E-state index contributed by atoms with van der Waals surface area (Å²) in [6.07, 6.45) is 1.68. The van der Waals surface area contributed by atoms with Crippen LogP contribution in [0.4, 0.5) is 5.69 Å². The molecule has 0 saturated carbocycles. The quantitative estimate of drug-likeness (QED) is 0.904. The molecule has 1 heterocycles. The van der Waals surface area contributed by atoms with Crippen molar-refractivity contribution in [1.29, 1.82) is 0 Å². The second-order valence-corrected chi connectivity index (χ2v) is 6.83. The number of nitrogens with two attached hydrogens (primary N) is 1. The van der Waals surface area contributed by atoms with Crippen molar-refractivity contribution in [2.24, 2.45) is 5.73 Å². The molecule has 2 aromatic rings. The number of carbonyl (C=O) groups is 1. The summed E-state index contributed by atoms with van der Waals surface area (Å²) in [5.74, 6) is 0.0657. The van der Waals surface area contributed by atoms with Gasteiger partial charge in [0, 0.05) is 11.7 Å². The molecule has 1 aliphatic rings. The van der Waals surface area contributed by atoms with E-state index in [0.717, 1.165) is 29.7 Å². The number of aryl methyl sites for hydroxylation is 1. The van der Waals surface area contributed by atoms with Crippen LogP contribution in [0, 0.1) is 0 Å². The smallest absolute Gasteiger partial charge is 0.234 e. The molecule has 3 heteroatoms. The minimum Gasteiger partial charge on any atom is -0.325 e. The highest BCUT2D eigenvalue weighted by Crippen LogP contribution is 2.41. The van der Waals surface area contributed by atoms with Crippen LogP contribution >= 0.6 is 0 Å². The maximum absolute atomic E-state index is 12.3. The van der Waals surface area contributed by atoms with E-state index in [1.54, 1.807) is 0 Å². The van der Waals surface area contributed by atoms with Gasteiger partial charge in [-0.1, -0.05) is 49.4 Å². The second kappa shape index (κ2) is 5.82. The fourth-order valence-corrected chi connectivity index (χ4v) is 3.24. The minimum absolute atomic E-state index is 0.0657. The van der Waals surface area contributed by atoms with Gasteiger partial charge in [0.05, 0.1) is 5.41 Å². The van der Waals surface area contributed by atoms with Crippen LogP contribution in [0.2, 0.25) is 0 Å². The van der Waals surface area contributed by atoms with Gasteiger partial charge in [0.1, 0.15) is 0 Å². The highest BCUT2D eigenvalue weighted by molar-refractivity contribution is 6.06. The molecule has 3 rings (SSSR count). The first-order valence-corrected chi connectivity index (χ1v) is 8.21. The van der Waals surface area contributed by atoms with E-state index in [2.05, 4.69) is 36.5 Å². The number of anilines is 1. The Morgan fingerprint density at radius 2 is 1.87 bits per heavy atom. The van der Waals surface area contributed by atoms with Gasteiger partial charge in [-0.25, -0.2) is 0 Å². The Morgan fingerprint density at radius 3 is 2.52 bits per heavy atom. The summed E-state index contributed by atoms with van der Waals surface area (Å²) in [5.41, 5.74) is 11.5. The van der Waals surface area contributed by atoms with Crippen molar-refractivity contribution in [3.63, 3.8) is 0 Å². The Bertz CT molecular complexity index is 735. The van der Waals surface area contributed by atoms with Gasteiger partial charge in [0.2, 0.25) is 5.91 Å². The molecule has 1 unspecified atom stereocenters. The van der Waals surface area contributed by atoms with Crippen LogP contribution in [0.25, 0.3) is 0 Å². The van der Waals surface area contributed by atoms with Gasteiger partial charge < -0.3 is 11.1 Å². The highest BCUT2D eigenvalue weighted by Gasteiger charge is 2.39. The van der Waals surface area contributed by atoms with Crippen molar-refractivity contribution in [3.05, 3.63) is 64.7 Å². The molecule has 0 aliphatic carbocycles. The maximum atomic E-state index is 12.3. The van der Waals surface area contributed by atoms with Crippen LogP contribution in [-0.4, -0.2) is 5.91 Å². The fraction of sp³-hybridized carbons (Fsp3) is 0.350. The highest BCUT2D eigenvalue weighted by atomic mass is 16.2. The molecule has 0 radical (unpaired) electrons. The Morgan fingerprint density at radius 1 is 1.17 bits per heavy atom. The number of benzene rings is 2. The minimum atomic E-state index is -0.498. The zero-order valence-electron chi connectivity index (χ0n) is 14.0. The van der Waals surface area contributed by atoms with E-state index in [9.17, 15) is 4.79 Å². The van der Waals surface area contributed by atoms with Crippen LogP contribution < -0.4 is 11.1 Å². The second-order valence-electron chi connectivity index (χ2n) is 6.83. The standard InChI is InChI=1S/C20H24N2O/c1-4-14-11-15(17(21)10-13-8-6-5-7-9-13)12-16-18(14)22-19(23)20(16,2)3/h5-9,11-12,17H,4,10,21H2,1-3H3,(H,22,23). The lowest BCUT2D eigenvalue weighted by molar-refractivity contribution is -0.119. The van der Waals surface area contributed by atoms with Gasteiger partial charge in [-0.3, -0.25) is 4.79 Å². The summed E-state index contributed by atoms with van der Waals surface area (Å²) in [7, 11) is 0. The summed E-state index contributed by atoms with van der Waals surface area (Å²) in [4.78, 5) is 12.3. The summed E-state index contributed by atoms with van der Waals surface area (Å²) >= 11 is 0. The number of nitrogens with one attached hydrogen (secondary N) is 1. The van der Waals surface area contributed by atoms with Gasteiger partial charge in [0.25, 0.3) is 0 Å². The Labute approximate surface area is 137 Å². The molecule has 0 fully saturated rings. The molecule has 2 aromatic carbocycles. The first kappa shape index (κ1) is 15.8. The van der Waals surface area contributed by atoms with Crippen molar-refractivity contribution < 1.29 is 4.79 Å². The third kappa shape index (κ3) is 2.77. The zero-order valence-corrected chi connectivity index (χ0v) is 14.0. The average molecular weight is 308 g/mol. The number of carbonyl (C=O) groups excluding carboxylic acids is 1. The molecule has 23 heavy (non-hydrogen) atoms. The molecule has 0 saturated heterocycles. The third-order valence-electron chi connectivity index (χ3n) is 4.83. The third-order valence-corrected chi connectivity index (χ3v) is 4.83. The van der Waals surface area contributed by atoms with E-state index < -0.39 is 5.41 Å². The van der Waals surface area contributed by atoms with Gasteiger partial charge in [-0.2, -0.15) is 0 Å². The topological polar surface area (TPSA) is 55.1 Å². The lowest BCUT2D eigenvalue weighted by atomic mass is 9.83. The van der Waals surface area contributed by atoms with Crippen LogP contribution in [0.5, 0.6) is 0 Å². The molecular formula is C20H24N2O. The van der Waals surface area contributed by atoms with Crippen molar-refractivity contribution >= 4 is 11.6 Å². The molecule has 1 aliphatic heterocycles. The van der Waals surface area contributed by atoms with E-state index in [0.29, 0.717) is 0 Å². The lowest BCUT2D eigenvalue weighted by Gasteiger charge is -2.20. The normalized spacial score (nSPS) is 16.8. The number of rotatable bonds is 4. The van der Waals surface area contributed by atoms with E-state index in [-0.39, 0.29) is 11.9 Å². The zero-order chi connectivity index (χ0) is 16.6. The SMILES string of the molecule is CCc1cc(C(N)Cc2ccccc2)cc2c1NC(=O)C2(C)C. The number of hydrogen-bond donors (Lipinski definition) is 2. The van der Waals surface area contributed by atoms with Crippen molar-refractivity contribution in [3.8, 4) is 0 Å².